The van der Waals surface area contributed by atoms with Gasteiger partial charge in [-0.05, 0) is 24.7 Å². The lowest BCUT2D eigenvalue weighted by atomic mass is 10.0. The van der Waals surface area contributed by atoms with Gasteiger partial charge in [-0.3, -0.25) is 0 Å². The van der Waals surface area contributed by atoms with Crippen molar-refractivity contribution in [1.29, 1.82) is 5.26 Å². The highest BCUT2D eigenvalue weighted by atomic mass is 16.5. The van der Waals surface area contributed by atoms with E-state index in [1.54, 1.807) is 0 Å². The number of hydrogen-bond acceptors (Lipinski definition) is 9. The summed E-state index contributed by atoms with van der Waals surface area (Å²) in [5.41, 5.74) is 0.182. The third-order valence-corrected chi connectivity index (χ3v) is 3.91. The van der Waals surface area contributed by atoms with E-state index in [0.29, 0.717) is 12.8 Å². The van der Waals surface area contributed by atoms with E-state index < -0.39 is 24.0 Å². The molecular formula is C19H29N5O4. The lowest BCUT2D eigenvalue weighted by Crippen LogP contribution is -2.34. The summed E-state index contributed by atoms with van der Waals surface area (Å²) in [6.45, 7) is 7.92. The highest BCUT2D eigenvalue weighted by Crippen LogP contribution is 2.19. The van der Waals surface area contributed by atoms with Crippen molar-refractivity contribution in [3.63, 3.8) is 0 Å². The van der Waals surface area contributed by atoms with Crippen molar-refractivity contribution in [3.05, 3.63) is 11.8 Å². The Morgan fingerprint density at radius 3 is 1.96 bits per heavy atom. The van der Waals surface area contributed by atoms with Gasteiger partial charge in [-0.1, -0.05) is 27.7 Å². The lowest BCUT2D eigenvalue weighted by molar-refractivity contribution is -0.142. The molecule has 9 heteroatoms. The lowest BCUT2D eigenvalue weighted by Gasteiger charge is -2.21. The van der Waals surface area contributed by atoms with E-state index in [4.69, 9.17) is 9.47 Å². The highest BCUT2D eigenvalue weighted by Gasteiger charge is 2.24. The molecule has 0 amide bonds. The number of nitriles is 1. The van der Waals surface area contributed by atoms with Gasteiger partial charge >= 0.3 is 11.9 Å². The van der Waals surface area contributed by atoms with E-state index in [2.05, 4.69) is 20.6 Å². The standard InChI is InChI=1S/C19H29N5O4/c1-11(2)7-14(17(25)27-5)22-16-13(9-20)10-21-19(24-16)23-15(8-12(3)4)18(26)28-6/h10-12,14-15H,7-8H2,1-6H3,(H2,21,22,23,24)/t14-,15-/m1/s1. The Labute approximate surface area is 165 Å². The minimum atomic E-state index is -0.660. The molecule has 154 valence electrons. The number of carbonyl (C=O) groups is 2. The van der Waals surface area contributed by atoms with Gasteiger partial charge in [0.25, 0.3) is 0 Å². The first-order valence-corrected chi connectivity index (χ1v) is 9.17. The first-order chi connectivity index (χ1) is 13.2. The topological polar surface area (TPSA) is 126 Å². The van der Waals surface area contributed by atoms with Crippen LogP contribution in [0.25, 0.3) is 0 Å². The van der Waals surface area contributed by atoms with Crippen molar-refractivity contribution in [2.75, 3.05) is 24.9 Å². The summed E-state index contributed by atoms with van der Waals surface area (Å²) in [7, 11) is 2.62. The maximum absolute atomic E-state index is 12.1. The third kappa shape index (κ3) is 7.02. The fraction of sp³-hybridized carbons (Fsp3) is 0.632. The normalized spacial score (nSPS) is 12.8. The van der Waals surface area contributed by atoms with Gasteiger partial charge < -0.3 is 20.1 Å². The molecule has 0 bridgehead atoms. The number of nitrogens with zero attached hydrogens (tertiary/aromatic N) is 3. The average Bonchev–Trinajstić information content (AvgIpc) is 2.65. The molecule has 1 rings (SSSR count). The number of ether oxygens (including phenoxy) is 2. The van der Waals surface area contributed by atoms with Gasteiger partial charge in [0, 0.05) is 0 Å². The number of nitrogens with one attached hydrogen (secondary N) is 2. The van der Waals surface area contributed by atoms with E-state index >= 15 is 0 Å². The molecule has 0 radical (unpaired) electrons. The van der Waals surface area contributed by atoms with Crippen LogP contribution in [0.4, 0.5) is 11.8 Å². The fourth-order valence-corrected chi connectivity index (χ4v) is 2.62. The third-order valence-electron chi connectivity index (χ3n) is 3.91. The first-order valence-electron chi connectivity index (χ1n) is 9.17. The number of anilines is 2. The van der Waals surface area contributed by atoms with Crippen molar-refractivity contribution < 1.29 is 19.1 Å². The molecule has 0 aliphatic carbocycles. The van der Waals surface area contributed by atoms with Gasteiger partial charge in [-0.25, -0.2) is 14.6 Å². The Bertz CT molecular complexity index is 715. The molecular weight excluding hydrogens is 362 g/mol. The van der Waals surface area contributed by atoms with Crippen LogP contribution < -0.4 is 10.6 Å². The smallest absolute Gasteiger partial charge is 0.328 e. The Morgan fingerprint density at radius 2 is 1.54 bits per heavy atom. The molecule has 9 nitrogen and oxygen atoms in total. The Kier molecular flexibility index (Phi) is 9.15. The molecule has 0 unspecified atom stereocenters. The van der Waals surface area contributed by atoms with E-state index in [-0.39, 0.29) is 29.2 Å². The predicted molar refractivity (Wildman–Crippen MR) is 105 cm³/mol. The summed E-state index contributed by atoms with van der Waals surface area (Å²) < 4.78 is 9.67. The van der Waals surface area contributed by atoms with Crippen molar-refractivity contribution in [1.82, 2.24) is 9.97 Å². The Balaban J connectivity index is 3.14. The van der Waals surface area contributed by atoms with Crippen LogP contribution in [0.5, 0.6) is 0 Å². The number of esters is 2. The van der Waals surface area contributed by atoms with Crippen LogP contribution in [0.1, 0.15) is 46.1 Å². The van der Waals surface area contributed by atoms with Crippen LogP contribution in [0.15, 0.2) is 6.20 Å². The van der Waals surface area contributed by atoms with E-state index in [9.17, 15) is 14.9 Å². The van der Waals surface area contributed by atoms with E-state index in [0.717, 1.165) is 0 Å². The van der Waals surface area contributed by atoms with Gasteiger partial charge in [-0.2, -0.15) is 10.2 Å². The molecule has 2 N–H and O–H groups in total. The molecule has 1 aromatic rings. The zero-order chi connectivity index (χ0) is 21.3. The number of aromatic nitrogens is 2. The Morgan fingerprint density at radius 1 is 1.04 bits per heavy atom. The summed E-state index contributed by atoms with van der Waals surface area (Å²) in [5.74, 6) is -0.0602. The molecule has 0 saturated heterocycles. The van der Waals surface area contributed by atoms with Crippen LogP contribution in [-0.4, -0.2) is 48.2 Å². The second kappa shape index (κ2) is 11.1. The SMILES string of the molecule is COC(=O)[C@@H](CC(C)C)Nc1ncc(C#N)c(N[C@H](CC(C)C)C(=O)OC)n1. The molecule has 0 aliphatic rings. The largest absolute Gasteiger partial charge is 0.467 e. The van der Waals surface area contributed by atoms with Crippen LogP contribution in [0.3, 0.4) is 0 Å². The second-order valence-electron chi connectivity index (χ2n) is 7.27. The van der Waals surface area contributed by atoms with E-state index in [1.165, 1.54) is 20.4 Å². The summed E-state index contributed by atoms with van der Waals surface area (Å²) in [4.78, 5) is 32.5. The Hall–Kier alpha value is -2.89. The molecule has 1 heterocycles. The molecule has 0 spiro atoms. The quantitative estimate of drug-likeness (QED) is 0.578. The summed E-state index contributed by atoms with van der Waals surface area (Å²) >= 11 is 0. The number of carbonyl (C=O) groups excluding carboxylic acids is 2. The summed E-state index contributed by atoms with van der Waals surface area (Å²) in [5, 5.41) is 15.3. The van der Waals surface area contributed by atoms with Gasteiger partial charge in [-0.15, -0.1) is 0 Å². The summed E-state index contributed by atoms with van der Waals surface area (Å²) in [6.07, 6.45) is 2.37. The second-order valence-corrected chi connectivity index (χ2v) is 7.27. The number of rotatable bonds is 10. The van der Waals surface area contributed by atoms with Crippen LogP contribution >= 0.6 is 0 Å². The van der Waals surface area contributed by atoms with Gasteiger partial charge in [0.2, 0.25) is 5.95 Å². The predicted octanol–water partition coefficient (Wildman–Crippen LogP) is 2.35. The molecule has 28 heavy (non-hydrogen) atoms. The van der Waals surface area contributed by atoms with Gasteiger partial charge in [0.05, 0.1) is 20.4 Å². The molecule has 0 aromatic carbocycles. The van der Waals surface area contributed by atoms with Crippen molar-refractivity contribution in [3.8, 4) is 6.07 Å². The maximum Gasteiger partial charge on any atom is 0.328 e. The summed E-state index contributed by atoms with van der Waals surface area (Å²) in [6, 6.07) is 0.712. The molecule has 0 aliphatic heterocycles. The van der Waals surface area contributed by atoms with E-state index in [1.807, 2.05) is 33.8 Å². The number of methoxy groups -OCH3 is 2. The zero-order valence-corrected chi connectivity index (χ0v) is 17.3. The van der Waals surface area contributed by atoms with Gasteiger partial charge in [0.15, 0.2) is 0 Å². The minimum absolute atomic E-state index is 0.158. The fourth-order valence-electron chi connectivity index (χ4n) is 2.62. The van der Waals surface area contributed by atoms with Gasteiger partial charge in [0.1, 0.15) is 29.5 Å². The molecule has 1 aromatic heterocycles. The van der Waals surface area contributed by atoms with Crippen molar-refractivity contribution in [2.24, 2.45) is 11.8 Å². The van der Waals surface area contributed by atoms with Crippen molar-refractivity contribution in [2.45, 2.75) is 52.6 Å². The van der Waals surface area contributed by atoms with Crippen LogP contribution in [0.2, 0.25) is 0 Å². The minimum Gasteiger partial charge on any atom is -0.467 e. The number of hydrogen-bond donors (Lipinski definition) is 2. The molecule has 0 fully saturated rings. The van der Waals surface area contributed by atoms with Crippen LogP contribution in [0, 0.1) is 23.2 Å². The zero-order valence-electron chi connectivity index (χ0n) is 17.3. The molecule has 2 atom stereocenters. The van der Waals surface area contributed by atoms with Crippen LogP contribution in [-0.2, 0) is 19.1 Å². The average molecular weight is 391 g/mol. The maximum atomic E-state index is 12.1. The monoisotopic (exact) mass is 391 g/mol. The van der Waals surface area contributed by atoms with Crippen molar-refractivity contribution >= 4 is 23.7 Å². The first kappa shape index (κ1) is 23.1. The molecule has 0 saturated carbocycles. The highest BCUT2D eigenvalue weighted by molar-refractivity contribution is 5.80.